The van der Waals surface area contributed by atoms with Gasteiger partial charge in [0.05, 0.1) is 18.3 Å². The lowest BCUT2D eigenvalue weighted by Crippen LogP contribution is -2.25. The van der Waals surface area contributed by atoms with E-state index in [-0.39, 0.29) is 5.91 Å². The number of methoxy groups -OCH3 is 1. The second-order valence-corrected chi connectivity index (χ2v) is 4.34. The molecule has 0 saturated heterocycles. The second-order valence-electron chi connectivity index (χ2n) is 4.34. The van der Waals surface area contributed by atoms with Gasteiger partial charge in [-0.15, -0.1) is 0 Å². The lowest BCUT2D eigenvalue weighted by atomic mass is 10.1. The maximum absolute atomic E-state index is 12.1. The Morgan fingerprint density at radius 1 is 1.40 bits per heavy atom. The van der Waals surface area contributed by atoms with Crippen molar-refractivity contribution in [2.75, 3.05) is 26.9 Å². The van der Waals surface area contributed by atoms with Gasteiger partial charge in [-0.1, -0.05) is 0 Å². The first-order valence-corrected chi connectivity index (χ1v) is 6.67. The van der Waals surface area contributed by atoms with E-state index < -0.39 is 0 Å². The van der Waals surface area contributed by atoms with Gasteiger partial charge in [-0.3, -0.25) is 4.79 Å². The number of furan rings is 1. The SMILES string of the molecule is CCOc1cc(C(=O)NCCCOC)cc2occc12. The lowest BCUT2D eigenvalue weighted by molar-refractivity contribution is 0.0948. The summed E-state index contributed by atoms with van der Waals surface area (Å²) in [5.74, 6) is 0.529. The van der Waals surface area contributed by atoms with Crippen molar-refractivity contribution in [1.82, 2.24) is 5.32 Å². The van der Waals surface area contributed by atoms with Crippen LogP contribution >= 0.6 is 0 Å². The number of ether oxygens (including phenoxy) is 2. The van der Waals surface area contributed by atoms with Crippen LogP contribution in [0.1, 0.15) is 23.7 Å². The zero-order valence-corrected chi connectivity index (χ0v) is 11.8. The molecule has 1 amide bonds. The third-order valence-corrected chi connectivity index (χ3v) is 2.91. The van der Waals surface area contributed by atoms with Crippen LogP contribution in [0.15, 0.2) is 28.9 Å². The summed E-state index contributed by atoms with van der Waals surface area (Å²) in [4.78, 5) is 12.1. The standard InChI is InChI=1S/C15H19NO4/c1-3-19-13-9-11(10-14-12(13)5-8-20-14)15(17)16-6-4-7-18-2/h5,8-10H,3-4,6-7H2,1-2H3,(H,16,17). The van der Waals surface area contributed by atoms with E-state index in [2.05, 4.69) is 5.32 Å². The van der Waals surface area contributed by atoms with Crippen LogP contribution in [0.25, 0.3) is 11.0 Å². The summed E-state index contributed by atoms with van der Waals surface area (Å²) in [6.45, 7) is 3.65. The Balaban J connectivity index is 2.14. The fourth-order valence-electron chi connectivity index (χ4n) is 1.96. The fourth-order valence-corrected chi connectivity index (χ4v) is 1.96. The van der Waals surface area contributed by atoms with Gasteiger partial charge in [-0.05, 0) is 31.5 Å². The number of carbonyl (C=O) groups is 1. The molecule has 0 aliphatic carbocycles. The molecule has 1 aromatic carbocycles. The molecular formula is C15H19NO4. The molecule has 1 heterocycles. The van der Waals surface area contributed by atoms with Gasteiger partial charge in [0.25, 0.3) is 5.91 Å². The van der Waals surface area contributed by atoms with Gasteiger partial charge >= 0.3 is 0 Å². The van der Waals surface area contributed by atoms with Gasteiger partial charge in [-0.2, -0.15) is 0 Å². The first-order chi connectivity index (χ1) is 9.76. The molecule has 0 aliphatic heterocycles. The van der Waals surface area contributed by atoms with Gasteiger partial charge in [0.15, 0.2) is 0 Å². The Bertz CT molecular complexity index is 576. The molecule has 5 heteroatoms. The van der Waals surface area contributed by atoms with Gasteiger partial charge in [0, 0.05) is 25.8 Å². The lowest BCUT2D eigenvalue weighted by Gasteiger charge is -2.08. The first-order valence-electron chi connectivity index (χ1n) is 6.67. The summed E-state index contributed by atoms with van der Waals surface area (Å²) in [7, 11) is 1.64. The van der Waals surface area contributed by atoms with E-state index in [0.29, 0.717) is 36.7 Å². The molecular weight excluding hydrogens is 258 g/mol. The van der Waals surface area contributed by atoms with Crippen LogP contribution in [-0.4, -0.2) is 32.8 Å². The molecule has 0 saturated carbocycles. The topological polar surface area (TPSA) is 60.7 Å². The minimum atomic E-state index is -0.139. The molecule has 2 aromatic rings. The highest BCUT2D eigenvalue weighted by Crippen LogP contribution is 2.28. The van der Waals surface area contributed by atoms with Crippen LogP contribution < -0.4 is 10.1 Å². The Hall–Kier alpha value is -2.01. The van der Waals surface area contributed by atoms with E-state index in [1.807, 2.05) is 13.0 Å². The molecule has 2 rings (SSSR count). The Labute approximate surface area is 117 Å². The molecule has 0 fully saturated rings. The number of fused-ring (bicyclic) bond motifs is 1. The van der Waals surface area contributed by atoms with Crippen molar-refractivity contribution in [3.05, 3.63) is 30.0 Å². The second kappa shape index (κ2) is 6.96. The predicted octanol–water partition coefficient (Wildman–Crippen LogP) is 2.60. The van der Waals surface area contributed by atoms with Crippen LogP contribution in [0.2, 0.25) is 0 Å². The Kier molecular flexibility index (Phi) is 5.01. The highest BCUT2D eigenvalue weighted by atomic mass is 16.5. The average Bonchev–Trinajstić information content (AvgIpc) is 2.92. The summed E-state index contributed by atoms with van der Waals surface area (Å²) in [6, 6.07) is 5.30. The van der Waals surface area contributed by atoms with Crippen molar-refractivity contribution in [2.45, 2.75) is 13.3 Å². The number of amides is 1. The van der Waals surface area contributed by atoms with E-state index >= 15 is 0 Å². The van der Waals surface area contributed by atoms with Crippen LogP contribution in [-0.2, 0) is 4.74 Å². The summed E-state index contributed by atoms with van der Waals surface area (Å²) in [5.41, 5.74) is 1.19. The predicted molar refractivity (Wildman–Crippen MR) is 76.2 cm³/mol. The van der Waals surface area contributed by atoms with Crippen LogP contribution in [0.4, 0.5) is 0 Å². The molecule has 0 unspecified atom stereocenters. The highest BCUT2D eigenvalue weighted by Gasteiger charge is 2.12. The van der Waals surface area contributed by atoms with Crippen LogP contribution in [0.3, 0.4) is 0 Å². The Morgan fingerprint density at radius 2 is 2.25 bits per heavy atom. The van der Waals surface area contributed by atoms with E-state index in [1.54, 1.807) is 25.5 Å². The van der Waals surface area contributed by atoms with Crippen molar-refractivity contribution >= 4 is 16.9 Å². The molecule has 0 bridgehead atoms. The Morgan fingerprint density at radius 3 is 3.00 bits per heavy atom. The van der Waals surface area contributed by atoms with E-state index in [4.69, 9.17) is 13.9 Å². The highest BCUT2D eigenvalue weighted by molar-refractivity contribution is 5.99. The number of hydrogen-bond donors (Lipinski definition) is 1. The zero-order chi connectivity index (χ0) is 14.4. The summed E-state index contributed by atoms with van der Waals surface area (Å²) < 4.78 is 15.9. The van der Waals surface area contributed by atoms with E-state index in [1.165, 1.54) is 0 Å². The number of carbonyl (C=O) groups excluding carboxylic acids is 1. The summed E-state index contributed by atoms with van der Waals surface area (Å²) in [6.07, 6.45) is 2.37. The van der Waals surface area contributed by atoms with E-state index in [9.17, 15) is 4.79 Å². The molecule has 20 heavy (non-hydrogen) atoms. The monoisotopic (exact) mass is 277 g/mol. The minimum absolute atomic E-state index is 0.139. The average molecular weight is 277 g/mol. The van der Waals surface area contributed by atoms with Gasteiger partial charge in [0.2, 0.25) is 0 Å². The molecule has 0 radical (unpaired) electrons. The third-order valence-electron chi connectivity index (χ3n) is 2.91. The van der Waals surface area contributed by atoms with Crippen LogP contribution in [0.5, 0.6) is 5.75 Å². The van der Waals surface area contributed by atoms with Crippen molar-refractivity contribution in [3.8, 4) is 5.75 Å². The maximum atomic E-state index is 12.1. The van der Waals surface area contributed by atoms with Gasteiger partial charge < -0.3 is 19.2 Å². The third kappa shape index (κ3) is 3.30. The molecule has 0 aliphatic rings. The van der Waals surface area contributed by atoms with Crippen molar-refractivity contribution in [2.24, 2.45) is 0 Å². The summed E-state index contributed by atoms with van der Waals surface area (Å²) in [5, 5.41) is 3.72. The van der Waals surface area contributed by atoms with Gasteiger partial charge in [0.1, 0.15) is 11.3 Å². The normalized spacial score (nSPS) is 10.7. The first kappa shape index (κ1) is 14.4. The van der Waals surface area contributed by atoms with Crippen molar-refractivity contribution in [3.63, 3.8) is 0 Å². The molecule has 1 aromatic heterocycles. The number of rotatable bonds is 7. The maximum Gasteiger partial charge on any atom is 0.251 e. The molecule has 1 N–H and O–H groups in total. The van der Waals surface area contributed by atoms with Crippen molar-refractivity contribution in [1.29, 1.82) is 0 Å². The summed E-state index contributed by atoms with van der Waals surface area (Å²) >= 11 is 0. The smallest absolute Gasteiger partial charge is 0.251 e. The molecule has 5 nitrogen and oxygen atoms in total. The number of hydrogen-bond acceptors (Lipinski definition) is 4. The zero-order valence-electron chi connectivity index (χ0n) is 11.8. The minimum Gasteiger partial charge on any atom is -0.493 e. The molecule has 108 valence electrons. The molecule has 0 atom stereocenters. The van der Waals surface area contributed by atoms with E-state index in [0.717, 1.165) is 11.8 Å². The van der Waals surface area contributed by atoms with Crippen molar-refractivity contribution < 1.29 is 18.7 Å². The largest absolute Gasteiger partial charge is 0.493 e. The fraction of sp³-hybridized carbons (Fsp3) is 0.400. The van der Waals surface area contributed by atoms with Gasteiger partial charge in [-0.25, -0.2) is 0 Å². The molecule has 0 spiro atoms. The number of benzene rings is 1. The quantitative estimate of drug-likeness (QED) is 0.790. The van der Waals surface area contributed by atoms with Crippen LogP contribution in [0, 0.1) is 0 Å². The number of nitrogens with one attached hydrogen (secondary N) is 1.